The second-order valence-corrected chi connectivity index (χ2v) is 8.31. The molecule has 0 saturated carbocycles. The average molecular weight is 399 g/mol. The standard InChI is InChI=1S/C21H30N6O2/c22-13-19-20(24-8-7-23-19)25-17-4-3-16(21(28)26-9-1-2-10-26)14-27(15-17)18-5-11-29-12-6-18/h7-8,16-18H,1-6,9-12,14-15H2,(H,24,25)/t16-,17+/m1/s1. The summed E-state index contributed by atoms with van der Waals surface area (Å²) in [6.45, 7) is 5.03. The number of hydrogen-bond donors (Lipinski definition) is 1. The molecule has 8 heteroatoms. The van der Waals surface area contributed by atoms with Crippen LogP contribution in [0.4, 0.5) is 5.82 Å². The highest BCUT2D eigenvalue weighted by Gasteiger charge is 2.35. The van der Waals surface area contributed by atoms with Gasteiger partial charge < -0.3 is 15.0 Å². The number of rotatable bonds is 4. The molecule has 8 nitrogen and oxygen atoms in total. The normalized spacial score (nSPS) is 26.7. The van der Waals surface area contributed by atoms with Gasteiger partial charge in [-0.2, -0.15) is 5.26 Å². The number of aromatic nitrogens is 2. The molecule has 0 aliphatic carbocycles. The van der Waals surface area contributed by atoms with Crippen LogP contribution in [0.25, 0.3) is 0 Å². The molecule has 1 aromatic rings. The average Bonchev–Trinajstić information content (AvgIpc) is 3.22. The number of hydrogen-bond acceptors (Lipinski definition) is 7. The number of nitrogens with zero attached hydrogens (tertiary/aromatic N) is 5. The fourth-order valence-electron chi connectivity index (χ4n) is 4.81. The highest BCUT2D eigenvalue weighted by molar-refractivity contribution is 5.79. The van der Waals surface area contributed by atoms with Gasteiger partial charge in [0.05, 0.1) is 5.92 Å². The summed E-state index contributed by atoms with van der Waals surface area (Å²) >= 11 is 0. The van der Waals surface area contributed by atoms with Crippen LogP contribution in [0.3, 0.4) is 0 Å². The molecule has 3 aliphatic heterocycles. The first-order valence-electron chi connectivity index (χ1n) is 10.8. The molecule has 29 heavy (non-hydrogen) atoms. The van der Waals surface area contributed by atoms with E-state index in [-0.39, 0.29) is 12.0 Å². The number of carbonyl (C=O) groups excluding carboxylic acids is 1. The van der Waals surface area contributed by atoms with E-state index in [4.69, 9.17) is 4.74 Å². The Kier molecular flexibility index (Phi) is 6.57. The van der Waals surface area contributed by atoms with E-state index in [1.807, 2.05) is 0 Å². The van der Waals surface area contributed by atoms with Gasteiger partial charge in [0.2, 0.25) is 5.91 Å². The van der Waals surface area contributed by atoms with Crippen LogP contribution >= 0.6 is 0 Å². The van der Waals surface area contributed by atoms with Crippen molar-refractivity contribution in [3.63, 3.8) is 0 Å². The fourth-order valence-corrected chi connectivity index (χ4v) is 4.81. The monoisotopic (exact) mass is 398 g/mol. The van der Waals surface area contributed by atoms with Gasteiger partial charge in [-0.1, -0.05) is 0 Å². The predicted octanol–water partition coefficient (Wildman–Crippen LogP) is 1.64. The Labute approximate surface area is 172 Å². The minimum absolute atomic E-state index is 0.0417. The Morgan fingerprint density at radius 3 is 2.62 bits per heavy atom. The highest BCUT2D eigenvalue weighted by Crippen LogP contribution is 2.27. The first kappa shape index (κ1) is 20.0. The molecule has 1 N–H and O–H groups in total. The number of likely N-dealkylation sites (tertiary alicyclic amines) is 2. The molecular weight excluding hydrogens is 368 g/mol. The van der Waals surface area contributed by atoms with Crippen molar-refractivity contribution in [2.75, 3.05) is 44.7 Å². The van der Waals surface area contributed by atoms with Crippen molar-refractivity contribution in [3.05, 3.63) is 18.1 Å². The topological polar surface area (TPSA) is 94.4 Å². The summed E-state index contributed by atoms with van der Waals surface area (Å²) < 4.78 is 5.56. The van der Waals surface area contributed by atoms with Gasteiger partial charge in [-0.05, 0) is 38.5 Å². The second-order valence-electron chi connectivity index (χ2n) is 8.31. The predicted molar refractivity (Wildman–Crippen MR) is 108 cm³/mol. The third kappa shape index (κ3) is 4.85. The molecule has 156 valence electrons. The number of carbonyl (C=O) groups is 1. The van der Waals surface area contributed by atoms with Crippen molar-refractivity contribution >= 4 is 11.7 Å². The van der Waals surface area contributed by atoms with Crippen molar-refractivity contribution in [1.82, 2.24) is 19.8 Å². The van der Waals surface area contributed by atoms with E-state index in [0.717, 1.165) is 77.9 Å². The van der Waals surface area contributed by atoms with Crippen LogP contribution in [0.5, 0.6) is 0 Å². The van der Waals surface area contributed by atoms with Crippen LogP contribution in [0.2, 0.25) is 0 Å². The maximum absolute atomic E-state index is 13.1. The van der Waals surface area contributed by atoms with Crippen LogP contribution in [-0.4, -0.2) is 77.2 Å². The lowest BCUT2D eigenvalue weighted by atomic mass is 9.99. The fraction of sp³-hybridized carbons (Fsp3) is 0.714. The minimum Gasteiger partial charge on any atom is -0.381 e. The lowest BCUT2D eigenvalue weighted by Gasteiger charge is -2.36. The highest BCUT2D eigenvalue weighted by atomic mass is 16.5. The minimum atomic E-state index is 0.0417. The van der Waals surface area contributed by atoms with E-state index in [2.05, 4.69) is 31.2 Å². The van der Waals surface area contributed by atoms with Gasteiger partial charge in [-0.15, -0.1) is 0 Å². The lowest BCUT2D eigenvalue weighted by molar-refractivity contribution is -0.135. The molecule has 1 aromatic heterocycles. The summed E-state index contributed by atoms with van der Waals surface area (Å²) in [6.07, 6.45) is 9.13. The van der Waals surface area contributed by atoms with Gasteiger partial charge in [0.1, 0.15) is 6.07 Å². The smallest absolute Gasteiger partial charge is 0.226 e. The van der Waals surface area contributed by atoms with E-state index in [1.165, 1.54) is 6.20 Å². The number of nitriles is 1. The number of ether oxygens (including phenoxy) is 1. The molecule has 1 amide bonds. The molecule has 4 rings (SSSR count). The maximum Gasteiger partial charge on any atom is 0.226 e. The number of anilines is 1. The van der Waals surface area contributed by atoms with Crippen LogP contribution in [0, 0.1) is 17.2 Å². The van der Waals surface area contributed by atoms with E-state index in [9.17, 15) is 10.1 Å². The van der Waals surface area contributed by atoms with Crippen LogP contribution in [0.1, 0.15) is 44.2 Å². The van der Waals surface area contributed by atoms with Crippen molar-refractivity contribution in [2.45, 2.75) is 50.6 Å². The molecule has 0 spiro atoms. The Morgan fingerprint density at radius 1 is 1.10 bits per heavy atom. The molecule has 3 fully saturated rings. The molecule has 0 bridgehead atoms. The molecule has 0 radical (unpaired) electrons. The Bertz CT molecular complexity index is 739. The summed E-state index contributed by atoms with van der Waals surface area (Å²) in [5.74, 6) is 0.897. The Hall–Kier alpha value is -2.24. The van der Waals surface area contributed by atoms with Gasteiger partial charge in [0.15, 0.2) is 11.5 Å². The largest absolute Gasteiger partial charge is 0.381 e. The van der Waals surface area contributed by atoms with E-state index >= 15 is 0 Å². The number of nitrogens with one attached hydrogen (secondary N) is 1. The zero-order valence-corrected chi connectivity index (χ0v) is 16.9. The van der Waals surface area contributed by atoms with Crippen LogP contribution < -0.4 is 5.32 Å². The Morgan fingerprint density at radius 2 is 1.86 bits per heavy atom. The van der Waals surface area contributed by atoms with E-state index in [1.54, 1.807) is 6.20 Å². The first-order chi connectivity index (χ1) is 14.2. The van der Waals surface area contributed by atoms with Gasteiger partial charge >= 0.3 is 0 Å². The summed E-state index contributed by atoms with van der Waals surface area (Å²) in [7, 11) is 0. The zero-order chi connectivity index (χ0) is 20.1. The third-order valence-corrected chi connectivity index (χ3v) is 6.39. The first-order valence-corrected chi connectivity index (χ1v) is 10.8. The van der Waals surface area contributed by atoms with Crippen LogP contribution in [-0.2, 0) is 9.53 Å². The van der Waals surface area contributed by atoms with Gasteiger partial charge in [-0.25, -0.2) is 9.97 Å². The SMILES string of the molecule is N#Cc1nccnc1N[C@H]1CC[C@@H](C(=O)N2CCCC2)CN(C2CCOCC2)C1. The van der Waals surface area contributed by atoms with Gasteiger partial charge in [0.25, 0.3) is 0 Å². The molecule has 0 unspecified atom stereocenters. The summed E-state index contributed by atoms with van der Waals surface area (Å²) in [5, 5.41) is 12.8. The van der Waals surface area contributed by atoms with Crippen molar-refractivity contribution in [1.29, 1.82) is 5.26 Å². The molecule has 3 aliphatic rings. The van der Waals surface area contributed by atoms with Crippen molar-refractivity contribution < 1.29 is 9.53 Å². The molecular formula is C21H30N6O2. The molecule has 4 heterocycles. The third-order valence-electron chi connectivity index (χ3n) is 6.39. The quantitative estimate of drug-likeness (QED) is 0.824. The zero-order valence-electron chi connectivity index (χ0n) is 16.9. The lowest BCUT2D eigenvalue weighted by Crippen LogP contribution is -2.47. The van der Waals surface area contributed by atoms with E-state index < -0.39 is 0 Å². The number of amides is 1. The van der Waals surface area contributed by atoms with Gasteiger partial charge in [-0.3, -0.25) is 9.69 Å². The van der Waals surface area contributed by atoms with Gasteiger partial charge in [0, 0.05) is 63.9 Å². The maximum atomic E-state index is 13.1. The molecule has 2 atom stereocenters. The second kappa shape index (κ2) is 9.51. The Balaban J connectivity index is 1.50. The van der Waals surface area contributed by atoms with Crippen molar-refractivity contribution in [2.24, 2.45) is 5.92 Å². The molecule has 0 aromatic carbocycles. The summed E-state index contributed by atoms with van der Waals surface area (Å²) in [6, 6.07) is 2.69. The van der Waals surface area contributed by atoms with E-state index in [0.29, 0.717) is 23.5 Å². The van der Waals surface area contributed by atoms with Crippen LogP contribution in [0.15, 0.2) is 12.4 Å². The molecule has 3 saturated heterocycles. The summed E-state index contributed by atoms with van der Waals surface area (Å²) in [4.78, 5) is 26.1. The van der Waals surface area contributed by atoms with Crippen molar-refractivity contribution in [3.8, 4) is 6.07 Å². The summed E-state index contributed by atoms with van der Waals surface area (Å²) in [5.41, 5.74) is 0.319.